The fourth-order valence-electron chi connectivity index (χ4n) is 1.59. The Morgan fingerprint density at radius 2 is 2.31 bits per heavy atom. The zero-order chi connectivity index (χ0) is 9.42. The summed E-state index contributed by atoms with van der Waals surface area (Å²) in [6.45, 7) is 3.23. The monoisotopic (exact) mass is 240 g/mol. The van der Waals surface area contributed by atoms with Crippen molar-refractivity contribution in [2.45, 2.75) is 13.0 Å². The van der Waals surface area contributed by atoms with E-state index in [9.17, 15) is 0 Å². The van der Waals surface area contributed by atoms with Gasteiger partial charge in [0.1, 0.15) is 0 Å². The van der Waals surface area contributed by atoms with Crippen molar-refractivity contribution in [1.82, 2.24) is 0 Å². The van der Waals surface area contributed by atoms with Gasteiger partial charge < -0.3 is 10.2 Å². The van der Waals surface area contributed by atoms with Gasteiger partial charge in [0.15, 0.2) is 0 Å². The number of rotatable bonds is 0. The Labute approximate surface area is 87.1 Å². The Bertz CT molecular complexity index is 325. The number of nitrogens with zero attached hydrogens (tertiary/aromatic N) is 1. The van der Waals surface area contributed by atoms with Crippen molar-refractivity contribution in [2.75, 3.05) is 23.8 Å². The molecular weight excluding hydrogens is 228 g/mol. The van der Waals surface area contributed by atoms with Gasteiger partial charge in [0, 0.05) is 24.1 Å². The lowest BCUT2D eigenvalue weighted by molar-refractivity contribution is 0.699. The lowest BCUT2D eigenvalue weighted by Gasteiger charge is -2.34. The van der Waals surface area contributed by atoms with Crippen LogP contribution in [-0.4, -0.2) is 19.6 Å². The summed E-state index contributed by atoms with van der Waals surface area (Å²) >= 11 is 3.47. The maximum absolute atomic E-state index is 3.47. The normalized spacial score (nSPS) is 20.8. The predicted molar refractivity (Wildman–Crippen MR) is 60.5 cm³/mol. The molecule has 3 heteroatoms. The van der Waals surface area contributed by atoms with E-state index in [1.807, 2.05) is 0 Å². The molecule has 0 saturated heterocycles. The molecule has 2 nitrogen and oxygen atoms in total. The Hall–Kier alpha value is -0.700. The van der Waals surface area contributed by atoms with Crippen molar-refractivity contribution in [1.29, 1.82) is 0 Å². The molecule has 1 heterocycles. The first-order valence-corrected chi connectivity index (χ1v) is 5.24. The fraction of sp³-hybridized carbons (Fsp3) is 0.400. The molecule has 2 rings (SSSR count). The average Bonchev–Trinajstić information content (AvgIpc) is 2.12. The lowest BCUT2D eigenvalue weighted by Crippen LogP contribution is -2.39. The van der Waals surface area contributed by atoms with Gasteiger partial charge in [-0.3, -0.25) is 0 Å². The molecular formula is C10H13BrN2. The van der Waals surface area contributed by atoms with E-state index in [2.05, 4.69) is 58.3 Å². The minimum atomic E-state index is 0.564. The van der Waals surface area contributed by atoms with Gasteiger partial charge in [-0.15, -0.1) is 0 Å². The maximum atomic E-state index is 3.47. The van der Waals surface area contributed by atoms with Gasteiger partial charge in [-0.1, -0.05) is 15.9 Å². The van der Waals surface area contributed by atoms with Gasteiger partial charge in [-0.25, -0.2) is 0 Å². The summed E-state index contributed by atoms with van der Waals surface area (Å²) < 4.78 is 1.13. The number of fused-ring (bicyclic) bond motifs is 1. The van der Waals surface area contributed by atoms with Gasteiger partial charge in [0.25, 0.3) is 0 Å². The SMILES string of the molecule is C[C@H]1CNc2cc(Br)ccc2N1C. The second-order valence-electron chi connectivity index (χ2n) is 3.50. The molecule has 0 bridgehead atoms. The minimum absolute atomic E-state index is 0.564. The molecule has 0 radical (unpaired) electrons. The molecule has 0 saturated carbocycles. The Morgan fingerprint density at radius 1 is 1.54 bits per heavy atom. The van der Waals surface area contributed by atoms with E-state index in [1.165, 1.54) is 11.4 Å². The molecule has 0 amide bonds. The van der Waals surface area contributed by atoms with Crippen molar-refractivity contribution in [3.63, 3.8) is 0 Å². The van der Waals surface area contributed by atoms with Crippen LogP contribution in [0.3, 0.4) is 0 Å². The molecule has 0 fully saturated rings. The van der Waals surface area contributed by atoms with Crippen LogP contribution >= 0.6 is 15.9 Å². The Balaban J connectivity index is 2.44. The van der Waals surface area contributed by atoms with Crippen LogP contribution in [0.2, 0.25) is 0 Å². The van der Waals surface area contributed by atoms with Crippen LogP contribution in [0.5, 0.6) is 0 Å². The van der Waals surface area contributed by atoms with Gasteiger partial charge in [0.2, 0.25) is 0 Å². The average molecular weight is 241 g/mol. The van der Waals surface area contributed by atoms with Gasteiger partial charge in [-0.05, 0) is 25.1 Å². The van der Waals surface area contributed by atoms with E-state index in [1.54, 1.807) is 0 Å². The Morgan fingerprint density at radius 3 is 3.08 bits per heavy atom. The van der Waals surface area contributed by atoms with Gasteiger partial charge in [0.05, 0.1) is 11.4 Å². The molecule has 1 atom stereocenters. The molecule has 1 aliphatic heterocycles. The number of likely N-dealkylation sites (N-methyl/N-ethyl adjacent to an activating group) is 1. The van der Waals surface area contributed by atoms with Crippen molar-refractivity contribution >= 4 is 27.3 Å². The highest BCUT2D eigenvalue weighted by Gasteiger charge is 2.18. The zero-order valence-electron chi connectivity index (χ0n) is 7.84. The van der Waals surface area contributed by atoms with E-state index in [-0.39, 0.29) is 0 Å². The van der Waals surface area contributed by atoms with Crippen LogP contribution in [0, 0.1) is 0 Å². The molecule has 0 unspecified atom stereocenters. The van der Waals surface area contributed by atoms with Crippen molar-refractivity contribution in [3.05, 3.63) is 22.7 Å². The van der Waals surface area contributed by atoms with Crippen LogP contribution in [0.1, 0.15) is 6.92 Å². The first-order valence-electron chi connectivity index (χ1n) is 4.45. The topological polar surface area (TPSA) is 15.3 Å². The number of halogens is 1. The highest BCUT2D eigenvalue weighted by Crippen LogP contribution is 2.32. The second-order valence-corrected chi connectivity index (χ2v) is 4.42. The number of hydrogen-bond donors (Lipinski definition) is 1. The fourth-order valence-corrected chi connectivity index (χ4v) is 1.95. The molecule has 0 aromatic heterocycles. The highest BCUT2D eigenvalue weighted by atomic mass is 79.9. The van der Waals surface area contributed by atoms with Crippen LogP contribution in [-0.2, 0) is 0 Å². The molecule has 0 aliphatic carbocycles. The molecule has 1 N–H and O–H groups in total. The minimum Gasteiger partial charge on any atom is -0.381 e. The molecule has 0 spiro atoms. The quantitative estimate of drug-likeness (QED) is 0.751. The molecule has 13 heavy (non-hydrogen) atoms. The zero-order valence-corrected chi connectivity index (χ0v) is 9.43. The second kappa shape index (κ2) is 3.22. The van der Waals surface area contributed by atoms with E-state index in [4.69, 9.17) is 0 Å². The summed E-state index contributed by atoms with van der Waals surface area (Å²) in [4.78, 5) is 2.30. The van der Waals surface area contributed by atoms with Gasteiger partial charge >= 0.3 is 0 Å². The third-order valence-electron chi connectivity index (χ3n) is 2.59. The summed E-state index contributed by atoms with van der Waals surface area (Å²) in [6.07, 6.45) is 0. The number of nitrogens with one attached hydrogen (secondary N) is 1. The first kappa shape index (κ1) is 8.88. The highest BCUT2D eigenvalue weighted by molar-refractivity contribution is 9.10. The maximum Gasteiger partial charge on any atom is 0.0603 e. The van der Waals surface area contributed by atoms with Crippen molar-refractivity contribution in [2.24, 2.45) is 0 Å². The van der Waals surface area contributed by atoms with Crippen LogP contribution in [0.4, 0.5) is 11.4 Å². The third-order valence-corrected chi connectivity index (χ3v) is 3.08. The first-order chi connectivity index (χ1) is 6.18. The van der Waals surface area contributed by atoms with Crippen LogP contribution in [0.25, 0.3) is 0 Å². The van der Waals surface area contributed by atoms with Gasteiger partial charge in [-0.2, -0.15) is 0 Å². The van der Waals surface area contributed by atoms with Crippen LogP contribution in [0.15, 0.2) is 22.7 Å². The largest absolute Gasteiger partial charge is 0.381 e. The summed E-state index contributed by atoms with van der Waals surface area (Å²) in [5.41, 5.74) is 2.50. The predicted octanol–water partition coefficient (Wildman–Crippen LogP) is 2.70. The third kappa shape index (κ3) is 1.53. The summed E-state index contributed by atoms with van der Waals surface area (Å²) in [6, 6.07) is 6.91. The van der Waals surface area contributed by atoms with E-state index in [0.717, 1.165) is 11.0 Å². The van der Waals surface area contributed by atoms with Crippen molar-refractivity contribution < 1.29 is 0 Å². The van der Waals surface area contributed by atoms with E-state index < -0.39 is 0 Å². The summed E-state index contributed by atoms with van der Waals surface area (Å²) in [5.74, 6) is 0. The molecule has 1 aromatic rings. The van der Waals surface area contributed by atoms with E-state index >= 15 is 0 Å². The molecule has 1 aromatic carbocycles. The lowest BCUT2D eigenvalue weighted by atomic mass is 10.1. The Kier molecular flexibility index (Phi) is 2.20. The number of anilines is 2. The van der Waals surface area contributed by atoms with E-state index in [0.29, 0.717) is 6.04 Å². The standard InChI is InChI=1S/C10H13BrN2/c1-7-6-12-9-5-8(11)3-4-10(9)13(7)2/h3-5,7,12H,6H2,1-2H3/t7-/m0/s1. The smallest absolute Gasteiger partial charge is 0.0603 e. The molecule has 70 valence electrons. The molecule has 1 aliphatic rings. The van der Waals surface area contributed by atoms with Crippen LogP contribution < -0.4 is 10.2 Å². The van der Waals surface area contributed by atoms with Crippen molar-refractivity contribution in [3.8, 4) is 0 Å². The number of benzene rings is 1. The summed E-state index contributed by atoms with van der Waals surface area (Å²) in [5, 5.41) is 3.41. The number of hydrogen-bond acceptors (Lipinski definition) is 2. The summed E-state index contributed by atoms with van der Waals surface area (Å²) in [7, 11) is 2.14.